The van der Waals surface area contributed by atoms with Crippen LogP contribution >= 0.6 is 34.7 Å². The average Bonchev–Trinajstić information content (AvgIpc) is 3.23. The molecule has 9 heteroatoms. The molecular weight excluding hydrogens is 412 g/mol. The summed E-state index contributed by atoms with van der Waals surface area (Å²) in [4.78, 5) is 19.5. The number of nitrogens with zero attached hydrogens (tertiary/aromatic N) is 2. The third-order valence-electron chi connectivity index (χ3n) is 4.30. The van der Waals surface area contributed by atoms with Gasteiger partial charge in [0.1, 0.15) is 0 Å². The predicted octanol–water partition coefficient (Wildman–Crippen LogP) is 3.25. The van der Waals surface area contributed by atoms with Crippen LogP contribution in [0.3, 0.4) is 0 Å². The molecule has 2 fully saturated rings. The van der Waals surface area contributed by atoms with Crippen molar-refractivity contribution in [2.24, 2.45) is 4.99 Å². The Hall–Kier alpha value is -1.35. The monoisotopic (exact) mass is 426 g/mol. The Kier molecular flexibility index (Phi) is 4.85. The molecule has 1 aromatic carbocycles. The zero-order valence-corrected chi connectivity index (χ0v) is 16.7. The van der Waals surface area contributed by atoms with Crippen molar-refractivity contribution >= 4 is 61.3 Å². The molecule has 0 N–H and O–H groups in total. The summed E-state index contributed by atoms with van der Waals surface area (Å²) < 4.78 is 24.1. The van der Waals surface area contributed by atoms with Crippen LogP contribution in [-0.4, -0.2) is 42.3 Å². The van der Waals surface area contributed by atoms with Crippen molar-refractivity contribution in [1.82, 2.24) is 0 Å². The third-order valence-corrected chi connectivity index (χ3v) is 8.64. The van der Waals surface area contributed by atoms with Gasteiger partial charge in [-0.3, -0.25) is 4.79 Å². The first kappa shape index (κ1) is 18.0. The molecule has 1 aromatic heterocycles. The SMILES string of the molecule is O=C(Cc1cccs1)N=C1SC2CS(=O)(=O)CC2N1c1ccc(Cl)cc1. The largest absolute Gasteiger partial charge is 0.316 e. The molecule has 2 atom stereocenters. The van der Waals surface area contributed by atoms with E-state index in [4.69, 9.17) is 11.6 Å². The highest BCUT2D eigenvalue weighted by molar-refractivity contribution is 8.16. The molecule has 26 heavy (non-hydrogen) atoms. The summed E-state index contributed by atoms with van der Waals surface area (Å²) in [5.41, 5.74) is 0.800. The molecule has 2 aliphatic rings. The highest BCUT2D eigenvalue weighted by Crippen LogP contribution is 2.41. The molecule has 136 valence electrons. The number of amidine groups is 1. The zero-order chi connectivity index (χ0) is 18.3. The van der Waals surface area contributed by atoms with E-state index >= 15 is 0 Å². The van der Waals surface area contributed by atoms with Gasteiger partial charge in [-0.2, -0.15) is 4.99 Å². The maximum atomic E-state index is 12.4. The Bertz CT molecular complexity index is 956. The smallest absolute Gasteiger partial charge is 0.253 e. The zero-order valence-electron chi connectivity index (χ0n) is 13.5. The maximum absolute atomic E-state index is 12.4. The fraction of sp³-hybridized carbons (Fsp3) is 0.294. The normalized spacial score (nSPS) is 25.6. The van der Waals surface area contributed by atoms with Gasteiger partial charge in [0.15, 0.2) is 15.0 Å². The average molecular weight is 427 g/mol. The molecule has 3 heterocycles. The third kappa shape index (κ3) is 3.69. The summed E-state index contributed by atoms with van der Waals surface area (Å²) in [5, 5.41) is 2.99. The van der Waals surface area contributed by atoms with E-state index in [1.165, 1.54) is 23.1 Å². The van der Waals surface area contributed by atoms with Crippen molar-refractivity contribution in [1.29, 1.82) is 0 Å². The first-order chi connectivity index (χ1) is 12.4. The number of aliphatic imine (C=N–C) groups is 1. The summed E-state index contributed by atoms with van der Waals surface area (Å²) in [6.45, 7) is 0. The van der Waals surface area contributed by atoms with Crippen LogP contribution in [0.15, 0.2) is 46.8 Å². The van der Waals surface area contributed by atoms with Crippen molar-refractivity contribution in [3.05, 3.63) is 51.7 Å². The number of sulfone groups is 1. The number of carbonyl (C=O) groups excluding carboxylic acids is 1. The number of benzene rings is 1. The van der Waals surface area contributed by atoms with E-state index in [0.29, 0.717) is 10.2 Å². The van der Waals surface area contributed by atoms with Gasteiger partial charge in [-0.05, 0) is 35.7 Å². The second-order valence-corrected chi connectivity index (χ2v) is 11.0. The molecule has 0 bridgehead atoms. The van der Waals surface area contributed by atoms with Gasteiger partial charge in [0.25, 0.3) is 5.91 Å². The van der Waals surface area contributed by atoms with Gasteiger partial charge >= 0.3 is 0 Å². The Labute approximate surface area is 165 Å². The topological polar surface area (TPSA) is 66.8 Å². The van der Waals surface area contributed by atoms with Gasteiger partial charge in [0, 0.05) is 20.8 Å². The molecule has 5 nitrogen and oxygen atoms in total. The number of thioether (sulfide) groups is 1. The van der Waals surface area contributed by atoms with Crippen LogP contribution < -0.4 is 4.90 Å². The second kappa shape index (κ2) is 6.99. The van der Waals surface area contributed by atoms with E-state index in [0.717, 1.165) is 10.6 Å². The number of rotatable bonds is 3. The molecule has 1 amide bonds. The summed E-state index contributed by atoms with van der Waals surface area (Å²) in [6.07, 6.45) is 0.254. The number of amides is 1. The van der Waals surface area contributed by atoms with Crippen LogP contribution in [0, 0.1) is 0 Å². The lowest BCUT2D eigenvalue weighted by Gasteiger charge is -2.24. The van der Waals surface area contributed by atoms with Gasteiger partial charge < -0.3 is 4.90 Å². The number of hydrogen-bond donors (Lipinski definition) is 0. The van der Waals surface area contributed by atoms with Crippen molar-refractivity contribution < 1.29 is 13.2 Å². The molecule has 0 radical (unpaired) electrons. The highest BCUT2D eigenvalue weighted by atomic mass is 35.5. The Balaban J connectivity index is 1.65. The lowest BCUT2D eigenvalue weighted by molar-refractivity contribution is -0.117. The van der Waals surface area contributed by atoms with Crippen LogP contribution in [0.2, 0.25) is 5.02 Å². The second-order valence-electron chi connectivity index (χ2n) is 6.19. The molecule has 2 unspecified atom stereocenters. The number of carbonyl (C=O) groups is 1. The molecule has 0 aliphatic carbocycles. The standard InChI is InChI=1S/C17H15ClN2O3S3/c18-11-3-5-12(6-4-11)20-14-9-26(22,23)10-15(14)25-17(20)19-16(21)8-13-2-1-7-24-13/h1-7,14-15H,8-10H2. The molecule has 2 saturated heterocycles. The van der Waals surface area contributed by atoms with Gasteiger partial charge in [0.05, 0.1) is 24.0 Å². The minimum absolute atomic E-state index is 0.0748. The summed E-state index contributed by atoms with van der Waals surface area (Å²) in [7, 11) is -3.07. The molecule has 2 aromatic rings. The molecule has 0 spiro atoms. The van der Waals surface area contributed by atoms with E-state index in [2.05, 4.69) is 4.99 Å². The molecule has 2 aliphatic heterocycles. The van der Waals surface area contributed by atoms with Crippen LogP contribution in [0.1, 0.15) is 4.88 Å². The Morgan fingerprint density at radius 3 is 2.69 bits per heavy atom. The molecular formula is C17H15ClN2O3S3. The summed E-state index contributed by atoms with van der Waals surface area (Å²) >= 11 is 8.87. The quantitative estimate of drug-likeness (QED) is 0.753. The van der Waals surface area contributed by atoms with Crippen molar-refractivity contribution in [3.63, 3.8) is 0 Å². The maximum Gasteiger partial charge on any atom is 0.253 e. The summed E-state index contributed by atoms with van der Waals surface area (Å²) in [5.74, 6) is -0.0348. The number of thiophene rings is 1. The van der Waals surface area contributed by atoms with Crippen LogP contribution in [-0.2, 0) is 21.1 Å². The first-order valence-corrected chi connectivity index (χ1v) is 11.9. The lowest BCUT2D eigenvalue weighted by atomic mass is 10.2. The van der Waals surface area contributed by atoms with E-state index in [-0.39, 0.29) is 35.1 Å². The number of hydrogen-bond acceptors (Lipinski definition) is 5. The van der Waals surface area contributed by atoms with Gasteiger partial charge in [-0.15, -0.1) is 11.3 Å². The number of fused-ring (bicyclic) bond motifs is 1. The van der Waals surface area contributed by atoms with Crippen LogP contribution in [0.25, 0.3) is 0 Å². The van der Waals surface area contributed by atoms with E-state index in [9.17, 15) is 13.2 Å². The Morgan fingerprint density at radius 1 is 1.23 bits per heavy atom. The van der Waals surface area contributed by atoms with E-state index in [1.807, 2.05) is 34.5 Å². The van der Waals surface area contributed by atoms with Crippen molar-refractivity contribution in [3.8, 4) is 0 Å². The fourth-order valence-corrected chi connectivity index (χ4v) is 7.93. The van der Waals surface area contributed by atoms with Gasteiger partial charge in [0.2, 0.25) is 0 Å². The lowest BCUT2D eigenvalue weighted by Crippen LogP contribution is -2.37. The summed E-state index contributed by atoms with van der Waals surface area (Å²) in [6, 6.07) is 10.8. The highest BCUT2D eigenvalue weighted by Gasteiger charge is 2.49. The van der Waals surface area contributed by atoms with Crippen LogP contribution in [0.5, 0.6) is 0 Å². The Morgan fingerprint density at radius 2 is 2.00 bits per heavy atom. The predicted molar refractivity (Wildman–Crippen MR) is 108 cm³/mol. The minimum Gasteiger partial charge on any atom is -0.316 e. The fourth-order valence-electron chi connectivity index (χ4n) is 3.18. The van der Waals surface area contributed by atoms with Crippen molar-refractivity contribution in [2.45, 2.75) is 17.7 Å². The van der Waals surface area contributed by atoms with Gasteiger partial charge in [-0.25, -0.2) is 8.42 Å². The number of anilines is 1. The van der Waals surface area contributed by atoms with E-state index in [1.54, 1.807) is 12.1 Å². The van der Waals surface area contributed by atoms with Crippen molar-refractivity contribution in [2.75, 3.05) is 16.4 Å². The first-order valence-electron chi connectivity index (χ1n) is 7.97. The minimum atomic E-state index is -3.07. The molecule has 4 rings (SSSR count). The van der Waals surface area contributed by atoms with Gasteiger partial charge in [-0.1, -0.05) is 29.4 Å². The van der Waals surface area contributed by atoms with E-state index < -0.39 is 9.84 Å². The number of halogens is 1. The molecule has 0 saturated carbocycles. The van der Waals surface area contributed by atoms with Crippen LogP contribution in [0.4, 0.5) is 5.69 Å².